The summed E-state index contributed by atoms with van der Waals surface area (Å²) in [6.45, 7) is 2.59. The first-order valence-corrected chi connectivity index (χ1v) is 7.62. The molecule has 0 spiro atoms. The monoisotopic (exact) mass is 318 g/mol. The molecule has 0 aliphatic heterocycles. The summed E-state index contributed by atoms with van der Waals surface area (Å²) in [5.41, 5.74) is 5.87. The lowest BCUT2D eigenvalue weighted by atomic mass is 10.2. The maximum atomic E-state index is 4.42. The van der Waals surface area contributed by atoms with Gasteiger partial charge in [-0.05, 0) is 18.6 Å². The lowest BCUT2D eigenvalue weighted by Gasteiger charge is -2.08. The molecule has 0 bridgehead atoms. The van der Waals surface area contributed by atoms with Gasteiger partial charge in [-0.25, -0.2) is 4.98 Å². The van der Waals surface area contributed by atoms with Gasteiger partial charge in [0.2, 0.25) is 5.95 Å². The minimum Gasteiger partial charge on any atom is -0.350 e. The zero-order valence-corrected chi connectivity index (χ0v) is 13.3. The van der Waals surface area contributed by atoms with Crippen molar-refractivity contribution in [3.63, 3.8) is 0 Å². The van der Waals surface area contributed by atoms with E-state index in [1.807, 2.05) is 43.3 Å². The van der Waals surface area contributed by atoms with Crippen molar-refractivity contribution in [2.75, 3.05) is 10.7 Å². The van der Waals surface area contributed by atoms with Crippen LogP contribution in [0.3, 0.4) is 0 Å². The molecule has 6 heteroatoms. The Hall–Kier alpha value is -3.28. The first kappa shape index (κ1) is 15.6. The first-order valence-electron chi connectivity index (χ1n) is 7.62. The molecular formula is C18H18N6. The second kappa shape index (κ2) is 7.82. The van der Waals surface area contributed by atoms with Crippen LogP contribution in [0.5, 0.6) is 0 Å². The van der Waals surface area contributed by atoms with Crippen LogP contribution >= 0.6 is 0 Å². The zero-order chi connectivity index (χ0) is 16.6. The number of aryl methyl sites for hydroxylation is 1. The average Bonchev–Trinajstić information content (AvgIpc) is 2.61. The van der Waals surface area contributed by atoms with Crippen LogP contribution in [0.2, 0.25) is 0 Å². The highest BCUT2D eigenvalue weighted by atomic mass is 15.3. The number of benzene rings is 1. The molecule has 2 heterocycles. The number of hydrazone groups is 1. The molecule has 0 fully saturated rings. The molecule has 6 nitrogen and oxygen atoms in total. The molecule has 0 saturated carbocycles. The van der Waals surface area contributed by atoms with Gasteiger partial charge < -0.3 is 5.32 Å². The Balaban J connectivity index is 1.64. The molecule has 2 N–H and O–H groups in total. The molecule has 0 atom stereocenters. The Kier molecular flexibility index (Phi) is 5.09. The highest BCUT2D eigenvalue weighted by Gasteiger charge is 2.01. The normalized spacial score (nSPS) is 10.7. The van der Waals surface area contributed by atoms with Gasteiger partial charge in [-0.1, -0.05) is 36.4 Å². The standard InChI is InChI=1S/C18H18N6/c1-14-10-17(24-21-13-16-8-5-9-19-11-16)23-18(22-14)20-12-15-6-3-2-4-7-15/h2-11,13H,12H2,1H3,(H2,20,22,23,24). The van der Waals surface area contributed by atoms with Gasteiger partial charge in [-0.15, -0.1) is 0 Å². The molecule has 3 aromatic rings. The molecule has 0 saturated heterocycles. The van der Waals surface area contributed by atoms with Crippen molar-refractivity contribution in [3.05, 3.63) is 77.7 Å². The topological polar surface area (TPSA) is 75.1 Å². The fourth-order valence-corrected chi connectivity index (χ4v) is 2.11. The number of pyridine rings is 1. The number of aromatic nitrogens is 3. The van der Waals surface area contributed by atoms with Crippen molar-refractivity contribution in [3.8, 4) is 0 Å². The van der Waals surface area contributed by atoms with Crippen LogP contribution in [0.1, 0.15) is 16.8 Å². The van der Waals surface area contributed by atoms with Gasteiger partial charge in [0, 0.05) is 36.3 Å². The van der Waals surface area contributed by atoms with E-state index in [0.29, 0.717) is 18.3 Å². The number of nitrogens with one attached hydrogen (secondary N) is 2. The maximum Gasteiger partial charge on any atom is 0.225 e. The van der Waals surface area contributed by atoms with Crippen LogP contribution in [0.25, 0.3) is 0 Å². The molecule has 120 valence electrons. The van der Waals surface area contributed by atoms with Gasteiger partial charge in [0.05, 0.1) is 6.21 Å². The third kappa shape index (κ3) is 4.61. The average molecular weight is 318 g/mol. The van der Waals surface area contributed by atoms with E-state index >= 15 is 0 Å². The Morgan fingerprint density at radius 1 is 1.08 bits per heavy atom. The van der Waals surface area contributed by atoms with Crippen molar-refractivity contribution in [2.45, 2.75) is 13.5 Å². The molecule has 0 aliphatic rings. The summed E-state index contributed by atoms with van der Waals surface area (Å²) in [7, 11) is 0. The van der Waals surface area contributed by atoms with Crippen molar-refractivity contribution < 1.29 is 0 Å². The molecule has 0 aliphatic carbocycles. The molecule has 0 amide bonds. The number of nitrogens with zero attached hydrogens (tertiary/aromatic N) is 4. The summed E-state index contributed by atoms with van der Waals surface area (Å²) < 4.78 is 0. The van der Waals surface area contributed by atoms with Crippen molar-refractivity contribution in [1.82, 2.24) is 15.0 Å². The minimum absolute atomic E-state index is 0.568. The van der Waals surface area contributed by atoms with Crippen LogP contribution < -0.4 is 10.7 Å². The Bertz CT molecular complexity index is 802. The van der Waals surface area contributed by atoms with Gasteiger partial charge in [-0.3, -0.25) is 10.4 Å². The third-order valence-corrected chi connectivity index (χ3v) is 3.22. The van der Waals surface area contributed by atoms with Crippen LogP contribution in [0.4, 0.5) is 11.8 Å². The van der Waals surface area contributed by atoms with Gasteiger partial charge in [0.1, 0.15) is 0 Å². The van der Waals surface area contributed by atoms with Crippen LogP contribution in [0.15, 0.2) is 66.0 Å². The predicted octanol–water partition coefficient (Wildman–Crippen LogP) is 3.24. The summed E-state index contributed by atoms with van der Waals surface area (Å²) in [6, 6.07) is 15.8. The molecule has 24 heavy (non-hydrogen) atoms. The SMILES string of the molecule is Cc1cc(NN=Cc2cccnc2)nc(NCc2ccccc2)n1. The largest absolute Gasteiger partial charge is 0.350 e. The highest BCUT2D eigenvalue weighted by Crippen LogP contribution is 2.11. The van der Waals surface area contributed by atoms with Crippen molar-refractivity contribution in [2.24, 2.45) is 5.10 Å². The predicted molar refractivity (Wildman–Crippen MR) is 96.0 cm³/mol. The highest BCUT2D eigenvalue weighted by molar-refractivity contribution is 5.79. The van der Waals surface area contributed by atoms with Gasteiger partial charge in [-0.2, -0.15) is 10.1 Å². The first-order chi connectivity index (χ1) is 11.8. The number of rotatable bonds is 6. The number of hydrogen-bond acceptors (Lipinski definition) is 6. The van der Waals surface area contributed by atoms with Crippen LogP contribution in [-0.4, -0.2) is 21.2 Å². The minimum atomic E-state index is 0.568. The Labute approximate surface area is 140 Å². The third-order valence-electron chi connectivity index (χ3n) is 3.22. The summed E-state index contributed by atoms with van der Waals surface area (Å²) >= 11 is 0. The van der Waals surface area contributed by atoms with Gasteiger partial charge >= 0.3 is 0 Å². The molecular weight excluding hydrogens is 300 g/mol. The molecule has 2 aromatic heterocycles. The molecule has 0 radical (unpaired) electrons. The van der Waals surface area contributed by atoms with E-state index in [-0.39, 0.29) is 0 Å². The fraction of sp³-hybridized carbons (Fsp3) is 0.111. The van der Waals surface area contributed by atoms with Crippen molar-refractivity contribution >= 4 is 18.0 Å². The summed E-state index contributed by atoms with van der Waals surface area (Å²) in [4.78, 5) is 12.8. The lowest BCUT2D eigenvalue weighted by molar-refractivity contribution is 1.02. The van der Waals surface area contributed by atoms with Gasteiger partial charge in [0.15, 0.2) is 5.82 Å². The Morgan fingerprint density at radius 2 is 1.96 bits per heavy atom. The Morgan fingerprint density at radius 3 is 2.75 bits per heavy atom. The second-order valence-corrected chi connectivity index (χ2v) is 5.21. The van der Waals surface area contributed by atoms with E-state index in [0.717, 1.165) is 11.3 Å². The molecule has 1 aromatic carbocycles. The van der Waals surface area contributed by atoms with E-state index in [2.05, 4.69) is 42.9 Å². The number of anilines is 2. The van der Waals surface area contributed by atoms with Crippen LogP contribution in [-0.2, 0) is 6.54 Å². The molecule has 0 unspecified atom stereocenters. The quantitative estimate of drug-likeness (QED) is 0.539. The van der Waals surface area contributed by atoms with E-state index in [1.54, 1.807) is 18.6 Å². The molecule has 3 rings (SSSR count). The van der Waals surface area contributed by atoms with E-state index < -0.39 is 0 Å². The summed E-state index contributed by atoms with van der Waals surface area (Å²) in [6.07, 6.45) is 5.16. The van der Waals surface area contributed by atoms with Crippen LogP contribution in [0, 0.1) is 6.92 Å². The lowest BCUT2D eigenvalue weighted by Crippen LogP contribution is -2.06. The maximum absolute atomic E-state index is 4.42. The summed E-state index contributed by atoms with van der Waals surface area (Å²) in [5, 5.41) is 7.41. The van der Waals surface area contributed by atoms with E-state index in [4.69, 9.17) is 0 Å². The summed E-state index contributed by atoms with van der Waals surface area (Å²) in [5.74, 6) is 1.20. The fourth-order valence-electron chi connectivity index (χ4n) is 2.11. The zero-order valence-electron chi connectivity index (χ0n) is 13.3. The number of hydrogen-bond donors (Lipinski definition) is 2. The van der Waals surface area contributed by atoms with Crippen molar-refractivity contribution in [1.29, 1.82) is 0 Å². The van der Waals surface area contributed by atoms with E-state index in [1.165, 1.54) is 5.56 Å². The van der Waals surface area contributed by atoms with E-state index in [9.17, 15) is 0 Å². The smallest absolute Gasteiger partial charge is 0.225 e. The van der Waals surface area contributed by atoms with Gasteiger partial charge in [0.25, 0.3) is 0 Å². The second-order valence-electron chi connectivity index (χ2n) is 5.21.